The summed E-state index contributed by atoms with van der Waals surface area (Å²) in [5.41, 5.74) is 0. The first-order chi connectivity index (χ1) is 13.1. The number of hydrogen-bond donors (Lipinski definition) is 0. The molecule has 1 aromatic rings. The number of hydrogen-bond acceptors (Lipinski definition) is 6. The maximum absolute atomic E-state index is 5.65. The van der Waals surface area contributed by atoms with Crippen molar-refractivity contribution in [2.24, 2.45) is 0 Å². The average molecular weight is 960 g/mol. The Labute approximate surface area is 187 Å². The third-order valence-electron chi connectivity index (χ3n) is 2.54. The summed E-state index contributed by atoms with van der Waals surface area (Å²) < 4.78 is 36.7. The predicted octanol–water partition coefficient (Wildman–Crippen LogP) is 1.73. The van der Waals surface area contributed by atoms with Crippen LogP contribution in [0.15, 0.2) is 95.2 Å². The molecule has 0 spiro atoms. The van der Waals surface area contributed by atoms with E-state index in [1.807, 2.05) is 18.2 Å². The first-order valence-corrected chi connectivity index (χ1v) is 21.1. The van der Waals surface area contributed by atoms with E-state index in [1.54, 1.807) is 0 Å². The maximum atomic E-state index is 5.65. The molecule has 27 heavy (non-hydrogen) atoms. The van der Waals surface area contributed by atoms with Crippen LogP contribution in [0.2, 0.25) is 0 Å². The van der Waals surface area contributed by atoms with E-state index >= 15 is 0 Å². The average Bonchev–Trinajstić information content (AvgIpc) is 2.67. The van der Waals surface area contributed by atoms with Crippen molar-refractivity contribution in [3.05, 3.63) is 95.2 Å². The molecule has 0 unspecified atom stereocenters. The second-order valence-corrected chi connectivity index (χ2v) is 21.0. The Morgan fingerprint density at radius 2 is 0.630 bits per heavy atom. The Morgan fingerprint density at radius 1 is 0.444 bits per heavy atom. The quantitative estimate of drug-likeness (QED) is 0.198. The van der Waals surface area contributed by atoms with Gasteiger partial charge in [-0.2, -0.15) is 0 Å². The van der Waals surface area contributed by atoms with Crippen LogP contribution in [-0.2, 0) is 16.9 Å². The first-order valence-electron chi connectivity index (χ1n) is 7.36. The Bertz CT molecular complexity index is 546. The third kappa shape index (κ3) is 7.93. The van der Waals surface area contributed by atoms with E-state index in [4.69, 9.17) is 16.9 Å². The van der Waals surface area contributed by atoms with Gasteiger partial charge in [-0.3, -0.25) is 0 Å². The summed E-state index contributed by atoms with van der Waals surface area (Å²) in [5, 5.41) is 0. The zero-order valence-corrected chi connectivity index (χ0v) is 25.2. The van der Waals surface area contributed by atoms with Crippen LogP contribution in [-0.4, -0.2) is 67.9 Å². The molecule has 0 saturated carbocycles. The van der Waals surface area contributed by atoms with Crippen LogP contribution in [0, 0.1) is 0 Å². The van der Waals surface area contributed by atoms with Gasteiger partial charge in [-0.25, -0.2) is 0 Å². The van der Waals surface area contributed by atoms with Gasteiger partial charge in [-0.1, -0.05) is 0 Å². The van der Waals surface area contributed by atoms with Gasteiger partial charge in [-0.05, 0) is 0 Å². The summed E-state index contributed by atoms with van der Waals surface area (Å²) in [4.78, 5) is 0. The Kier molecular flexibility index (Phi) is 12.7. The fraction of sp³-hybridized carbons (Fsp3) is 0. The molecule has 0 atom stereocenters. The summed E-state index contributed by atoms with van der Waals surface area (Å²) in [7, 11) is 0. The summed E-state index contributed by atoms with van der Waals surface area (Å²) in [6.07, 6.45) is 8.30. The van der Waals surface area contributed by atoms with Gasteiger partial charge >= 0.3 is 190 Å². The van der Waals surface area contributed by atoms with E-state index in [0.29, 0.717) is 0 Å². The normalized spacial score (nSPS) is 9.89. The monoisotopic (exact) mass is 960 g/mol. The fourth-order valence-electron chi connectivity index (χ4n) is 1.74. The summed E-state index contributed by atoms with van der Waals surface area (Å²) >= 11 is -9.11. The molecule has 1 rings (SSSR count). The van der Waals surface area contributed by atoms with Gasteiger partial charge in [0.2, 0.25) is 0 Å². The van der Waals surface area contributed by atoms with Crippen molar-refractivity contribution in [2.45, 2.75) is 0 Å². The minimum atomic E-state index is -3.04. The summed E-state index contributed by atoms with van der Waals surface area (Å²) in [5.74, 6) is 0. The molecule has 0 fully saturated rings. The van der Waals surface area contributed by atoms with Crippen molar-refractivity contribution in [1.82, 2.24) is 0 Å². The first kappa shape index (κ1) is 24.1. The van der Waals surface area contributed by atoms with Crippen LogP contribution in [0.1, 0.15) is 0 Å². The molecule has 0 N–H and O–H groups in total. The molecule has 0 amide bonds. The van der Waals surface area contributed by atoms with Gasteiger partial charge in [-0.15, -0.1) is 0 Å². The third-order valence-corrected chi connectivity index (χ3v) is 18.4. The van der Waals surface area contributed by atoms with Crippen molar-refractivity contribution >= 4 is 77.7 Å². The van der Waals surface area contributed by atoms with E-state index in [-0.39, 0.29) is 0 Å². The molecule has 9 heteroatoms. The standard InChI is InChI=1S/C6H3.6C2H4O.3Bi/c1-2-4-6-5-3-1;6*1-2-3;;;/h1,4-5H;6*2-3H,1H2;;;/q;;;;;;;3*+2/p-6. The van der Waals surface area contributed by atoms with Gasteiger partial charge in [0.05, 0.1) is 0 Å². The molecule has 0 bridgehead atoms. The zero-order valence-electron chi connectivity index (χ0n) is 14.7. The molecule has 144 valence electrons. The molecule has 6 nitrogen and oxygen atoms in total. The Hall–Kier alpha value is -0.891. The molecule has 0 heterocycles. The number of benzene rings is 1. The summed E-state index contributed by atoms with van der Waals surface area (Å²) in [6, 6.07) is 5.93. The second-order valence-electron chi connectivity index (χ2n) is 4.11. The topological polar surface area (TPSA) is 55.4 Å². The molecule has 0 aliphatic carbocycles. The van der Waals surface area contributed by atoms with Gasteiger partial charge in [0.1, 0.15) is 0 Å². The Balaban J connectivity index is 3.50. The van der Waals surface area contributed by atoms with Gasteiger partial charge in [0.25, 0.3) is 0 Å². The molecule has 1 aromatic carbocycles. The van der Waals surface area contributed by atoms with Gasteiger partial charge in [0.15, 0.2) is 0 Å². The minimum absolute atomic E-state index is 0.915. The second kappa shape index (κ2) is 14.2. The van der Waals surface area contributed by atoms with Crippen LogP contribution >= 0.6 is 0 Å². The SMILES string of the molecule is C=C[O][Bi]([O]C=C)[c]1c[c]([Bi]([O]C=C)[O]C=C)c[c]([Bi]([O]C=C)[O]C=C)c1. The van der Waals surface area contributed by atoms with Crippen LogP contribution in [0.4, 0.5) is 0 Å². The number of rotatable bonds is 15. The van der Waals surface area contributed by atoms with Crippen LogP contribution in [0.3, 0.4) is 0 Å². The summed E-state index contributed by atoms with van der Waals surface area (Å²) in [6.45, 7) is 21.8. The molecule has 0 aromatic heterocycles. The van der Waals surface area contributed by atoms with E-state index < -0.39 is 67.9 Å². The van der Waals surface area contributed by atoms with Crippen molar-refractivity contribution in [1.29, 1.82) is 0 Å². The van der Waals surface area contributed by atoms with Crippen LogP contribution in [0.25, 0.3) is 0 Å². The van der Waals surface area contributed by atoms with Crippen molar-refractivity contribution in [3.8, 4) is 0 Å². The molecule has 0 saturated heterocycles. The zero-order chi connectivity index (χ0) is 20.1. The Morgan fingerprint density at radius 3 is 0.778 bits per heavy atom. The van der Waals surface area contributed by atoms with Crippen molar-refractivity contribution < 1.29 is 16.9 Å². The molecular weight excluding hydrogens is 939 g/mol. The van der Waals surface area contributed by atoms with E-state index in [2.05, 4.69) is 39.5 Å². The van der Waals surface area contributed by atoms with Crippen LogP contribution < -0.4 is 9.81 Å². The fourth-order valence-corrected chi connectivity index (χ4v) is 19.1. The molecule has 0 aliphatic heterocycles. The van der Waals surface area contributed by atoms with Crippen LogP contribution in [0.5, 0.6) is 0 Å². The molecular formula is C18H21Bi3O6. The van der Waals surface area contributed by atoms with Gasteiger partial charge in [0, 0.05) is 0 Å². The molecule has 0 aliphatic rings. The predicted molar refractivity (Wildman–Crippen MR) is 110 cm³/mol. The van der Waals surface area contributed by atoms with E-state index in [0.717, 1.165) is 9.81 Å². The van der Waals surface area contributed by atoms with E-state index in [9.17, 15) is 0 Å². The van der Waals surface area contributed by atoms with Crippen molar-refractivity contribution in [2.75, 3.05) is 0 Å². The van der Waals surface area contributed by atoms with Crippen molar-refractivity contribution in [3.63, 3.8) is 0 Å². The molecule has 0 radical (unpaired) electrons. The van der Waals surface area contributed by atoms with E-state index in [1.165, 1.54) is 37.6 Å². The van der Waals surface area contributed by atoms with Gasteiger partial charge < -0.3 is 0 Å².